The average Bonchev–Trinajstić information content (AvgIpc) is 1.89. The number of rotatable bonds is 78. The molecule has 19 heteroatoms. The number of phosphoric ester groups is 2. The Morgan fingerprint density at radius 2 is 0.417 bits per heavy atom. The number of esters is 4. The van der Waals surface area contributed by atoms with Crippen LogP contribution in [0, 0.1) is 0 Å². The normalized spacial score (nSPS) is 13.9. The number of aliphatic hydroxyl groups excluding tert-OH is 1. The Labute approximate surface area is 588 Å². The van der Waals surface area contributed by atoms with Crippen LogP contribution in [0.15, 0.2) is 0 Å². The standard InChI is InChI=1S/C77H150O17P2/c1-5-9-13-17-21-24-27-29-31-33-35-36-37-39-41-43-45-48-52-56-60-64-77(82)94-73(68-88-75(80)62-58-54-50-47-44-42-40-38-34-32-30-28-25-22-18-14-10-6-2)70-92-96(85,86)90-66-71(78)65-89-95(83,84)91-69-72(67-87-74(79)61-57-53-49-20-16-12-8-4)93-76(81)63-59-55-51-46-26-23-19-15-11-7-3/h71-73,78H,5-70H2,1-4H3,(H,83,84)(H,85,86)/t71-,72+,73+/m0/s1. The predicted octanol–water partition coefficient (Wildman–Crippen LogP) is 23.0. The van der Waals surface area contributed by atoms with Gasteiger partial charge in [-0.15, -0.1) is 0 Å². The van der Waals surface area contributed by atoms with Gasteiger partial charge in [-0.2, -0.15) is 0 Å². The molecular formula is C77H150O17P2. The smallest absolute Gasteiger partial charge is 0.462 e. The highest BCUT2D eigenvalue weighted by Gasteiger charge is 2.30. The number of carbonyl (C=O) groups excluding carboxylic acids is 4. The van der Waals surface area contributed by atoms with Gasteiger partial charge in [0.15, 0.2) is 12.2 Å². The second-order valence-electron chi connectivity index (χ2n) is 27.7. The summed E-state index contributed by atoms with van der Waals surface area (Å²) in [6, 6.07) is 0. The van der Waals surface area contributed by atoms with Crippen LogP contribution >= 0.6 is 15.6 Å². The molecule has 0 spiro atoms. The van der Waals surface area contributed by atoms with Crippen LogP contribution in [-0.4, -0.2) is 96.7 Å². The van der Waals surface area contributed by atoms with Gasteiger partial charge in [-0.1, -0.05) is 362 Å². The molecule has 0 aliphatic heterocycles. The second kappa shape index (κ2) is 71.5. The van der Waals surface area contributed by atoms with Crippen LogP contribution < -0.4 is 0 Å². The van der Waals surface area contributed by atoms with Crippen molar-refractivity contribution in [3.63, 3.8) is 0 Å². The molecule has 0 heterocycles. The zero-order valence-electron chi connectivity index (χ0n) is 62.4. The topological polar surface area (TPSA) is 237 Å². The lowest BCUT2D eigenvalue weighted by molar-refractivity contribution is -0.161. The molecule has 0 aromatic heterocycles. The molecule has 0 aromatic rings. The first kappa shape index (κ1) is 94.1. The fourth-order valence-electron chi connectivity index (χ4n) is 11.9. The Balaban J connectivity index is 5.14. The van der Waals surface area contributed by atoms with Crippen LogP contribution in [0.2, 0.25) is 0 Å². The first-order valence-electron chi connectivity index (χ1n) is 40.3. The third-order valence-electron chi connectivity index (χ3n) is 18.1. The summed E-state index contributed by atoms with van der Waals surface area (Å²) in [6.45, 7) is 4.94. The van der Waals surface area contributed by atoms with Gasteiger partial charge < -0.3 is 33.8 Å². The Bertz CT molecular complexity index is 1830. The third-order valence-corrected chi connectivity index (χ3v) is 20.0. The Morgan fingerprint density at radius 1 is 0.250 bits per heavy atom. The third kappa shape index (κ3) is 70.5. The molecule has 5 atom stereocenters. The number of hydrogen-bond donors (Lipinski definition) is 3. The van der Waals surface area contributed by atoms with Crippen molar-refractivity contribution in [3.05, 3.63) is 0 Å². The van der Waals surface area contributed by atoms with E-state index in [4.69, 9.17) is 37.0 Å². The van der Waals surface area contributed by atoms with Crippen molar-refractivity contribution in [1.29, 1.82) is 0 Å². The number of phosphoric acid groups is 2. The number of unbranched alkanes of at least 4 members (excludes halogenated alkanes) is 52. The Kier molecular flexibility index (Phi) is 70.0. The summed E-state index contributed by atoms with van der Waals surface area (Å²) in [5.74, 6) is -2.12. The molecule has 96 heavy (non-hydrogen) atoms. The van der Waals surface area contributed by atoms with Crippen molar-refractivity contribution in [2.24, 2.45) is 0 Å². The summed E-state index contributed by atoms with van der Waals surface area (Å²) in [6.07, 6.45) is 62.8. The van der Waals surface area contributed by atoms with E-state index in [9.17, 15) is 43.2 Å². The maximum absolute atomic E-state index is 13.1. The van der Waals surface area contributed by atoms with Gasteiger partial charge in [0.05, 0.1) is 26.4 Å². The fourth-order valence-corrected chi connectivity index (χ4v) is 13.5. The monoisotopic (exact) mass is 1410 g/mol. The van der Waals surface area contributed by atoms with Crippen molar-refractivity contribution >= 4 is 39.5 Å². The molecule has 0 aliphatic carbocycles. The van der Waals surface area contributed by atoms with Crippen LogP contribution in [-0.2, 0) is 65.4 Å². The molecule has 0 rings (SSSR count). The van der Waals surface area contributed by atoms with E-state index < -0.39 is 97.5 Å². The zero-order valence-corrected chi connectivity index (χ0v) is 64.1. The van der Waals surface area contributed by atoms with E-state index >= 15 is 0 Å². The molecule has 0 radical (unpaired) electrons. The number of hydrogen-bond acceptors (Lipinski definition) is 15. The molecule has 2 unspecified atom stereocenters. The van der Waals surface area contributed by atoms with Crippen molar-refractivity contribution < 1.29 is 80.2 Å². The highest BCUT2D eigenvalue weighted by molar-refractivity contribution is 7.47. The Morgan fingerprint density at radius 3 is 0.615 bits per heavy atom. The van der Waals surface area contributed by atoms with Gasteiger partial charge in [0.2, 0.25) is 0 Å². The molecule has 0 aliphatic rings. The van der Waals surface area contributed by atoms with Gasteiger partial charge in [0.1, 0.15) is 19.3 Å². The van der Waals surface area contributed by atoms with Gasteiger partial charge in [-0.25, -0.2) is 9.13 Å². The predicted molar refractivity (Wildman–Crippen MR) is 391 cm³/mol. The summed E-state index contributed by atoms with van der Waals surface area (Å²) in [5.41, 5.74) is 0. The van der Waals surface area contributed by atoms with E-state index in [-0.39, 0.29) is 25.7 Å². The SMILES string of the molecule is CCCCCCCCCCCCCCCCCCCCCCCC(=O)O[C@H](COC(=O)CCCCCCCCCCCCCCCCCCCC)COP(=O)(O)OC[C@@H](O)COP(=O)(O)OC[C@@H](COC(=O)CCCCCCCCC)OC(=O)CCCCCCCCCCCC. The molecule has 0 aromatic carbocycles. The lowest BCUT2D eigenvalue weighted by Gasteiger charge is -2.21. The molecule has 0 fully saturated rings. The first-order valence-corrected chi connectivity index (χ1v) is 43.3. The first-order chi connectivity index (χ1) is 46.7. The van der Waals surface area contributed by atoms with Crippen LogP contribution in [0.4, 0.5) is 0 Å². The van der Waals surface area contributed by atoms with E-state index in [1.807, 2.05) is 0 Å². The van der Waals surface area contributed by atoms with Crippen LogP contribution in [0.25, 0.3) is 0 Å². The van der Waals surface area contributed by atoms with Crippen LogP contribution in [0.1, 0.15) is 413 Å². The maximum atomic E-state index is 13.1. The summed E-state index contributed by atoms with van der Waals surface area (Å²) >= 11 is 0. The molecule has 570 valence electrons. The highest BCUT2D eigenvalue weighted by Crippen LogP contribution is 2.45. The summed E-state index contributed by atoms with van der Waals surface area (Å²) in [4.78, 5) is 72.6. The lowest BCUT2D eigenvalue weighted by Crippen LogP contribution is -2.30. The highest BCUT2D eigenvalue weighted by atomic mass is 31.2. The van der Waals surface area contributed by atoms with Gasteiger partial charge in [0, 0.05) is 25.7 Å². The van der Waals surface area contributed by atoms with Gasteiger partial charge in [-0.3, -0.25) is 37.3 Å². The zero-order chi connectivity index (χ0) is 70.4. The Hall–Kier alpha value is -1.94. The molecule has 0 saturated heterocycles. The van der Waals surface area contributed by atoms with Gasteiger partial charge in [-0.05, 0) is 25.7 Å². The number of ether oxygens (including phenoxy) is 4. The van der Waals surface area contributed by atoms with E-state index in [1.54, 1.807) is 0 Å². The quantitative estimate of drug-likeness (QED) is 0.0222. The van der Waals surface area contributed by atoms with Crippen molar-refractivity contribution in [2.45, 2.75) is 431 Å². The summed E-state index contributed by atoms with van der Waals surface area (Å²) < 4.78 is 68.4. The molecule has 0 amide bonds. The molecule has 3 N–H and O–H groups in total. The van der Waals surface area contributed by atoms with E-state index in [1.165, 1.54) is 231 Å². The fraction of sp³-hybridized carbons (Fsp3) is 0.948. The van der Waals surface area contributed by atoms with E-state index in [0.717, 1.165) is 103 Å². The largest absolute Gasteiger partial charge is 0.472 e. The van der Waals surface area contributed by atoms with Crippen LogP contribution in [0.3, 0.4) is 0 Å². The minimum atomic E-state index is -4.96. The maximum Gasteiger partial charge on any atom is 0.472 e. The van der Waals surface area contributed by atoms with Crippen molar-refractivity contribution in [2.75, 3.05) is 39.6 Å². The average molecular weight is 1410 g/mol. The van der Waals surface area contributed by atoms with Crippen molar-refractivity contribution in [1.82, 2.24) is 0 Å². The molecule has 0 saturated carbocycles. The lowest BCUT2D eigenvalue weighted by atomic mass is 10.0. The second-order valence-corrected chi connectivity index (χ2v) is 30.7. The summed E-state index contributed by atoms with van der Waals surface area (Å²) in [5, 5.41) is 10.6. The number of carbonyl (C=O) groups is 4. The van der Waals surface area contributed by atoms with Gasteiger partial charge in [0.25, 0.3) is 0 Å². The van der Waals surface area contributed by atoms with E-state index in [0.29, 0.717) is 25.7 Å². The van der Waals surface area contributed by atoms with Crippen LogP contribution in [0.5, 0.6) is 0 Å². The number of aliphatic hydroxyl groups is 1. The summed E-state index contributed by atoms with van der Waals surface area (Å²) in [7, 11) is -9.90. The minimum Gasteiger partial charge on any atom is -0.462 e. The van der Waals surface area contributed by atoms with Gasteiger partial charge >= 0.3 is 39.5 Å². The minimum absolute atomic E-state index is 0.107. The molecule has 17 nitrogen and oxygen atoms in total. The molecule has 0 bridgehead atoms. The molecular weight excluding hydrogens is 1260 g/mol. The van der Waals surface area contributed by atoms with Crippen molar-refractivity contribution in [3.8, 4) is 0 Å². The van der Waals surface area contributed by atoms with E-state index in [2.05, 4.69) is 27.7 Å².